The maximum Gasteiger partial charge on any atom is 0.257 e. The van der Waals surface area contributed by atoms with Crippen LogP contribution in [0, 0.1) is 0 Å². The van der Waals surface area contributed by atoms with Crippen LogP contribution in [0.5, 0.6) is 5.88 Å². The number of carbonyl (C=O) groups is 1. The molecule has 0 unspecified atom stereocenters. The monoisotopic (exact) mass is 431 g/mol. The van der Waals surface area contributed by atoms with E-state index in [-0.39, 0.29) is 5.91 Å². The summed E-state index contributed by atoms with van der Waals surface area (Å²) in [5.41, 5.74) is 2.55. The summed E-state index contributed by atoms with van der Waals surface area (Å²) in [6.45, 7) is 2.42. The Kier molecular flexibility index (Phi) is 5.85. The second-order valence-corrected chi connectivity index (χ2v) is 6.67. The summed E-state index contributed by atoms with van der Waals surface area (Å²) in [5.74, 6) is 0.191. The molecule has 5 nitrogen and oxygen atoms in total. The highest BCUT2D eigenvalue weighted by atomic mass is 79.9. The van der Waals surface area contributed by atoms with Crippen LogP contribution < -0.4 is 10.1 Å². The topological polar surface area (TPSA) is 64.1 Å². The Bertz CT molecular complexity index is 932. The van der Waals surface area contributed by atoms with Gasteiger partial charge in [0.25, 0.3) is 5.91 Å². The van der Waals surface area contributed by atoms with Gasteiger partial charge in [0.05, 0.1) is 22.9 Å². The zero-order valence-electron chi connectivity index (χ0n) is 13.9. The van der Waals surface area contributed by atoms with Gasteiger partial charge in [0.1, 0.15) is 0 Å². The predicted molar refractivity (Wildman–Crippen MR) is 106 cm³/mol. The molecule has 0 fully saturated rings. The van der Waals surface area contributed by atoms with Gasteiger partial charge in [-0.05, 0) is 43.3 Å². The lowest BCUT2D eigenvalue weighted by Gasteiger charge is -2.09. The molecule has 0 aliphatic rings. The summed E-state index contributed by atoms with van der Waals surface area (Å²) >= 11 is 9.46. The average Bonchev–Trinajstić information content (AvgIpc) is 2.65. The lowest BCUT2D eigenvalue weighted by molar-refractivity contribution is 0.102. The number of hydrogen-bond donors (Lipinski definition) is 1. The Balaban J connectivity index is 1.81. The highest BCUT2D eigenvalue weighted by Gasteiger charge is 2.12. The van der Waals surface area contributed by atoms with Gasteiger partial charge in [0.15, 0.2) is 0 Å². The van der Waals surface area contributed by atoms with Crippen molar-refractivity contribution in [2.45, 2.75) is 6.92 Å². The quantitative estimate of drug-likeness (QED) is 0.601. The minimum absolute atomic E-state index is 0.286. The zero-order chi connectivity index (χ0) is 18.5. The van der Waals surface area contributed by atoms with E-state index in [4.69, 9.17) is 16.3 Å². The molecule has 0 spiro atoms. The van der Waals surface area contributed by atoms with Crippen LogP contribution in [-0.2, 0) is 0 Å². The van der Waals surface area contributed by atoms with Gasteiger partial charge in [-0.25, -0.2) is 0 Å². The van der Waals surface area contributed by atoms with Crippen molar-refractivity contribution in [2.75, 3.05) is 11.9 Å². The predicted octanol–water partition coefficient (Wildman–Crippen LogP) is 5.21. The van der Waals surface area contributed by atoms with Gasteiger partial charge < -0.3 is 10.1 Å². The lowest BCUT2D eigenvalue weighted by Crippen LogP contribution is -2.12. The molecule has 1 amide bonds. The third kappa shape index (κ3) is 4.39. The highest BCUT2D eigenvalue weighted by molar-refractivity contribution is 9.10. The summed E-state index contributed by atoms with van der Waals surface area (Å²) in [5, 5.41) is 11.4. The standard InChI is InChI=1S/C19H15BrClN3O2/c1-2-26-18-9-8-17(23-24-18)12-4-3-5-14(10-12)22-19(25)15-11-13(20)6-7-16(15)21/h3-11H,2H2,1H3,(H,22,25). The molecule has 0 aliphatic heterocycles. The first-order valence-electron chi connectivity index (χ1n) is 7.90. The number of rotatable bonds is 5. The van der Waals surface area contributed by atoms with E-state index in [0.29, 0.717) is 34.5 Å². The van der Waals surface area contributed by atoms with Crippen molar-refractivity contribution in [1.82, 2.24) is 10.2 Å². The number of nitrogens with zero attached hydrogens (tertiary/aromatic N) is 2. The average molecular weight is 433 g/mol. The van der Waals surface area contributed by atoms with Gasteiger partial charge in [-0.2, -0.15) is 0 Å². The molecule has 1 aromatic heterocycles. The molecule has 0 bridgehead atoms. The van der Waals surface area contributed by atoms with Gasteiger partial charge in [0, 0.05) is 21.8 Å². The van der Waals surface area contributed by atoms with Crippen molar-refractivity contribution in [3.8, 4) is 17.1 Å². The van der Waals surface area contributed by atoms with Crippen molar-refractivity contribution in [3.63, 3.8) is 0 Å². The van der Waals surface area contributed by atoms with Crippen LogP contribution in [0.4, 0.5) is 5.69 Å². The number of aromatic nitrogens is 2. The summed E-state index contributed by atoms with van der Waals surface area (Å²) in [6.07, 6.45) is 0. The fourth-order valence-corrected chi connectivity index (χ4v) is 2.89. The van der Waals surface area contributed by atoms with Gasteiger partial charge in [0.2, 0.25) is 5.88 Å². The zero-order valence-corrected chi connectivity index (χ0v) is 16.2. The maximum absolute atomic E-state index is 12.5. The van der Waals surface area contributed by atoms with Gasteiger partial charge in [-0.3, -0.25) is 4.79 Å². The summed E-state index contributed by atoms with van der Waals surface area (Å²) in [7, 11) is 0. The van der Waals surface area contributed by atoms with Crippen molar-refractivity contribution in [1.29, 1.82) is 0 Å². The van der Waals surface area contributed by atoms with Crippen LogP contribution in [0.1, 0.15) is 17.3 Å². The molecule has 0 saturated heterocycles. The number of ether oxygens (including phenoxy) is 1. The number of benzene rings is 2. The number of anilines is 1. The minimum Gasteiger partial charge on any atom is -0.477 e. The van der Waals surface area contributed by atoms with E-state index in [2.05, 4.69) is 31.4 Å². The van der Waals surface area contributed by atoms with E-state index >= 15 is 0 Å². The number of hydrogen-bond acceptors (Lipinski definition) is 4. The van der Waals surface area contributed by atoms with Crippen molar-refractivity contribution < 1.29 is 9.53 Å². The van der Waals surface area contributed by atoms with Crippen LogP contribution in [0.2, 0.25) is 5.02 Å². The maximum atomic E-state index is 12.5. The SMILES string of the molecule is CCOc1ccc(-c2cccc(NC(=O)c3cc(Br)ccc3Cl)c2)nn1. The number of carbonyl (C=O) groups excluding carboxylic acids is 1. The Morgan fingerprint density at radius 2 is 2.00 bits per heavy atom. The van der Waals surface area contributed by atoms with Gasteiger partial charge in [-0.15, -0.1) is 10.2 Å². The molecule has 7 heteroatoms. The van der Waals surface area contributed by atoms with Gasteiger partial charge in [-0.1, -0.05) is 39.7 Å². The first kappa shape index (κ1) is 18.4. The third-order valence-electron chi connectivity index (χ3n) is 3.52. The van der Waals surface area contributed by atoms with Crippen molar-refractivity contribution >= 4 is 39.1 Å². The van der Waals surface area contributed by atoms with Crippen LogP contribution in [0.25, 0.3) is 11.3 Å². The van der Waals surface area contributed by atoms with Crippen LogP contribution in [0.15, 0.2) is 59.1 Å². The molecular weight excluding hydrogens is 418 g/mol. The molecule has 0 atom stereocenters. The smallest absolute Gasteiger partial charge is 0.257 e. The number of halogens is 2. The molecule has 132 valence electrons. The Morgan fingerprint density at radius 1 is 1.15 bits per heavy atom. The van der Waals surface area contributed by atoms with E-state index in [1.165, 1.54) is 0 Å². The molecule has 0 saturated carbocycles. The third-order valence-corrected chi connectivity index (χ3v) is 4.34. The van der Waals surface area contributed by atoms with Crippen molar-refractivity contribution in [3.05, 3.63) is 69.7 Å². The highest BCUT2D eigenvalue weighted by Crippen LogP contribution is 2.24. The molecule has 3 rings (SSSR count). The normalized spacial score (nSPS) is 10.4. The second-order valence-electron chi connectivity index (χ2n) is 5.35. The van der Waals surface area contributed by atoms with E-state index in [1.807, 2.05) is 31.2 Å². The largest absolute Gasteiger partial charge is 0.477 e. The molecule has 1 heterocycles. The van der Waals surface area contributed by atoms with Crippen LogP contribution in [-0.4, -0.2) is 22.7 Å². The molecule has 26 heavy (non-hydrogen) atoms. The fraction of sp³-hybridized carbons (Fsp3) is 0.105. The number of amides is 1. The first-order valence-corrected chi connectivity index (χ1v) is 9.07. The first-order chi connectivity index (χ1) is 12.6. The summed E-state index contributed by atoms with van der Waals surface area (Å²) < 4.78 is 6.08. The Hall–Kier alpha value is -2.44. The Morgan fingerprint density at radius 3 is 2.73 bits per heavy atom. The summed E-state index contributed by atoms with van der Waals surface area (Å²) in [4.78, 5) is 12.5. The Labute approximate surface area is 164 Å². The lowest BCUT2D eigenvalue weighted by atomic mass is 10.1. The summed E-state index contributed by atoms with van der Waals surface area (Å²) in [6, 6.07) is 16.1. The van der Waals surface area contributed by atoms with Crippen molar-refractivity contribution in [2.24, 2.45) is 0 Å². The molecule has 3 aromatic rings. The van der Waals surface area contributed by atoms with Gasteiger partial charge >= 0.3 is 0 Å². The van der Waals surface area contributed by atoms with E-state index < -0.39 is 0 Å². The molecule has 2 aromatic carbocycles. The van der Waals surface area contributed by atoms with E-state index in [9.17, 15) is 4.79 Å². The van der Waals surface area contributed by atoms with E-state index in [1.54, 1.807) is 30.3 Å². The second kappa shape index (κ2) is 8.29. The molecule has 0 radical (unpaired) electrons. The van der Waals surface area contributed by atoms with Crippen LogP contribution in [0.3, 0.4) is 0 Å². The minimum atomic E-state index is -0.286. The fourth-order valence-electron chi connectivity index (χ4n) is 2.33. The number of nitrogens with one attached hydrogen (secondary N) is 1. The molecule has 1 N–H and O–H groups in total. The van der Waals surface area contributed by atoms with E-state index in [0.717, 1.165) is 10.0 Å². The molecular formula is C19H15BrClN3O2. The molecule has 0 aliphatic carbocycles. The van der Waals surface area contributed by atoms with Crippen LogP contribution >= 0.6 is 27.5 Å².